The number of ether oxygens (including phenoxy) is 1. The van der Waals surface area contributed by atoms with Crippen molar-refractivity contribution < 1.29 is 23.8 Å². The number of carbonyl (C=O) groups is 2. The Bertz CT molecular complexity index is 930. The first-order chi connectivity index (χ1) is 12.6. The first kappa shape index (κ1) is 16.7. The van der Waals surface area contributed by atoms with E-state index in [2.05, 4.69) is 4.98 Å². The largest absolute Gasteiger partial charge is 0.481 e. The quantitative estimate of drug-likeness (QED) is 0.757. The molecule has 1 aromatic carbocycles. The standard InChI is InChI=1S/C18H16N2O5S/c21-16(22)9-11-10-24-8-7-20(11)18(23)14-6-5-13(25-14)17-19-12-3-1-2-4-15(12)26-17/h1-6,11H,7-10H2,(H,21,22). The lowest BCUT2D eigenvalue weighted by atomic mass is 10.1. The summed E-state index contributed by atoms with van der Waals surface area (Å²) in [7, 11) is 0. The Kier molecular flexibility index (Phi) is 4.44. The summed E-state index contributed by atoms with van der Waals surface area (Å²) in [5.41, 5.74) is 0.881. The Morgan fingerprint density at radius 3 is 2.92 bits per heavy atom. The molecular weight excluding hydrogens is 356 g/mol. The van der Waals surface area contributed by atoms with Crippen LogP contribution in [-0.2, 0) is 9.53 Å². The van der Waals surface area contributed by atoms with Crippen LogP contribution in [0.4, 0.5) is 0 Å². The van der Waals surface area contributed by atoms with Crippen molar-refractivity contribution in [3.05, 3.63) is 42.2 Å². The molecule has 1 N–H and O–H groups in total. The monoisotopic (exact) mass is 372 g/mol. The Morgan fingerprint density at radius 2 is 2.12 bits per heavy atom. The molecule has 1 saturated heterocycles. The number of amides is 1. The van der Waals surface area contributed by atoms with Crippen molar-refractivity contribution >= 4 is 33.4 Å². The zero-order valence-electron chi connectivity index (χ0n) is 13.8. The molecule has 1 atom stereocenters. The average Bonchev–Trinajstić information content (AvgIpc) is 3.28. The first-order valence-corrected chi connectivity index (χ1v) is 9.00. The summed E-state index contributed by atoms with van der Waals surface area (Å²) < 4.78 is 12.1. The Hall–Kier alpha value is -2.71. The van der Waals surface area contributed by atoms with Gasteiger partial charge in [0.1, 0.15) is 0 Å². The number of nitrogens with zero attached hydrogens (tertiary/aromatic N) is 2. The van der Waals surface area contributed by atoms with Gasteiger partial charge < -0.3 is 19.2 Å². The summed E-state index contributed by atoms with van der Waals surface area (Å²) in [6, 6.07) is 10.6. The second-order valence-electron chi connectivity index (χ2n) is 5.98. The van der Waals surface area contributed by atoms with Gasteiger partial charge in [-0.2, -0.15) is 0 Å². The molecule has 3 aromatic rings. The third kappa shape index (κ3) is 3.21. The number of hydrogen-bond donors (Lipinski definition) is 1. The molecule has 8 heteroatoms. The lowest BCUT2D eigenvalue weighted by molar-refractivity contribution is -0.139. The predicted molar refractivity (Wildman–Crippen MR) is 95.2 cm³/mol. The number of carboxylic acids is 1. The van der Waals surface area contributed by atoms with Crippen molar-refractivity contribution in [1.82, 2.24) is 9.88 Å². The maximum atomic E-state index is 12.8. The van der Waals surface area contributed by atoms with Crippen molar-refractivity contribution in [1.29, 1.82) is 0 Å². The molecule has 2 aromatic heterocycles. The summed E-state index contributed by atoms with van der Waals surface area (Å²) in [6.45, 7) is 0.935. The van der Waals surface area contributed by atoms with Gasteiger partial charge in [-0.15, -0.1) is 11.3 Å². The Balaban J connectivity index is 1.58. The number of para-hydroxylation sites is 1. The predicted octanol–water partition coefficient (Wildman–Crippen LogP) is 2.87. The van der Waals surface area contributed by atoms with Crippen LogP contribution in [-0.4, -0.2) is 52.7 Å². The Labute approximate surface area is 152 Å². The maximum Gasteiger partial charge on any atom is 0.305 e. The van der Waals surface area contributed by atoms with Crippen LogP contribution in [0, 0.1) is 0 Å². The fraction of sp³-hybridized carbons (Fsp3) is 0.278. The molecular formula is C18H16N2O5S. The first-order valence-electron chi connectivity index (χ1n) is 8.18. The van der Waals surface area contributed by atoms with E-state index < -0.39 is 12.0 Å². The number of thiazole rings is 1. The topological polar surface area (TPSA) is 92.9 Å². The van der Waals surface area contributed by atoms with Crippen LogP contribution in [0.3, 0.4) is 0 Å². The normalized spacial score (nSPS) is 17.5. The van der Waals surface area contributed by atoms with Crippen LogP contribution in [0.15, 0.2) is 40.8 Å². The molecule has 134 valence electrons. The van der Waals surface area contributed by atoms with E-state index in [-0.39, 0.29) is 24.7 Å². The van der Waals surface area contributed by atoms with Crippen LogP contribution in [0.5, 0.6) is 0 Å². The molecule has 1 aliphatic heterocycles. The minimum atomic E-state index is -0.965. The summed E-state index contributed by atoms with van der Waals surface area (Å²) in [6.07, 6.45) is -0.156. The molecule has 1 fully saturated rings. The summed E-state index contributed by atoms with van der Waals surface area (Å²) in [5.74, 6) is -0.589. The van der Waals surface area contributed by atoms with Crippen molar-refractivity contribution in [3.8, 4) is 10.8 Å². The van der Waals surface area contributed by atoms with Gasteiger partial charge in [-0.3, -0.25) is 9.59 Å². The fourth-order valence-electron chi connectivity index (χ4n) is 2.98. The minimum Gasteiger partial charge on any atom is -0.481 e. The van der Waals surface area contributed by atoms with Gasteiger partial charge in [-0.1, -0.05) is 12.1 Å². The number of aliphatic carboxylic acids is 1. The SMILES string of the molecule is O=C(O)CC1COCCN1C(=O)c1ccc(-c2nc3ccccc3s2)o1. The third-order valence-corrected chi connectivity index (χ3v) is 5.27. The number of morpholine rings is 1. The molecule has 0 aliphatic carbocycles. The van der Waals surface area contributed by atoms with Gasteiger partial charge in [0.05, 0.1) is 35.9 Å². The van der Waals surface area contributed by atoms with Crippen molar-refractivity contribution in [2.45, 2.75) is 12.5 Å². The van der Waals surface area contributed by atoms with Crippen molar-refractivity contribution in [3.63, 3.8) is 0 Å². The fourth-order valence-corrected chi connectivity index (χ4v) is 3.91. The summed E-state index contributed by atoms with van der Waals surface area (Å²) in [5, 5.41) is 9.74. The lowest BCUT2D eigenvalue weighted by Gasteiger charge is -2.34. The zero-order chi connectivity index (χ0) is 18.1. The van der Waals surface area contributed by atoms with Gasteiger partial charge in [-0.05, 0) is 24.3 Å². The highest BCUT2D eigenvalue weighted by Crippen LogP contribution is 2.31. The minimum absolute atomic E-state index is 0.156. The second-order valence-corrected chi connectivity index (χ2v) is 7.01. The zero-order valence-corrected chi connectivity index (χ0v) is 14.6. The van der Waals surface area contributed by atoms with Crippen LogP contribution in [0.1, 0.15) is 17.0 Å². The third-order valence-electron chi connectivity index (χ3n) is 4.22. The average molecular weight is 372 g/mol. The summed E-state index contributed by atoms with van der Waals surface area (Å²) in [4.78, 5) is 29.8. The number of carbonyl (C=O) groups excluding carboxylic acids is 1. The smallest absolute Gasteiger partial charge is 0.305 e. The highest BCUT2D eigenvalue weighted by Gasteiger charge is 2.31. The molecule has 3 heterocycles. The molecule has 0 spiro atoms. The van der Waals surface area contributed by atoms with Crippen molar-refractivity contribution in [2.24, 2.45) is 0 Å². The van der Waals surface area contributed by atoms with Crippen LogP contribution >= 0.6 is 11.3 Å². The number of aromatic nitrogens is 1. The lowest BCUT2D eigenvalue weighted by Crippen LogP contribution is -2.49. The van der Waals surface area contributed by atoms with Gasteiger partial charge in [0, 0.05) is 6.54 Å². The highest BCUT2D eigenvalue weighted by atomic mass is 32.1. The van der Waals surface area contributed by atoms with E-state index in [1.807, 2.05) is 24.3 Å². The van der Waals surface area contributed by atoms with Gasteiger partial charge in [-0.25, -0.2) is 4.98 Å². The molecule has 0 saturated carbocycles. The summed E-state index contributed by atoms with van der Waals surface area (Å²) >= 11 is 1.49. The molecule has 1 unspecified atom stereocenters. The van der Waals surface area contributed by atoms with Crippen molar-refractivity contribution in [2.75, 3.05) is 19.8 Å². The van der Waals surface area contributed by atoms with E-state index in [4.69, 9.17) is 14.3 Å². The number of carboxylic acid groups (broad SMARTS) is 1. The molecule has 1 aliphatic rings. The van der Waals surface area contributed by atoms with Crippen LogP contribution < -0.4 is 0 Å². The van der Waals surface area contributed by atoms with Crippen LogP contribution in [0.2, 0.25) is 0 Å². The number of fused-ring (bicyclic) bond motifs is 1. The molecule has 1 amide bonds. The van der Waals surface area contributed by atoms with E-state index in [9.17, 15) is 9.59 Å². The Morgan fingerprint density at radius 1 is 1.27 bits per heavy atom. The maximum absolute atomic E-state index is 12.8. The van der Waals surface area contributed by atoms with Gasteiger partial charge in [0.15, 0.2) is 16.5 Å². The van der Waals surface area contributed by atoms with E-state index in [1.165, 1.54) is 16.2 Å². The number of rotatable bonds is 4. The molecule has 4 rings (SSSR count). The molecule has 0 bridgehead atoms. The second kappa shape index (κ2) is 6.89. The van der Waals surface area contributed by atoms with Gasteiger partial charge in [0.2, 0.25) is 0 Å². The number of hydrogen-bond acceptors (Lipinski definition) is 6. The molecule has 7 nitrogen and oxygen atoms in total. The highest BCUT2D eigenvalue weighted by molar-refractivity contribution is 7.21. The number of benzene rings is 1. The van der Waals surface area contributed by atoms with E-state index in [0.29, 0.717) is 23.9 Å². The van der Waals surface area contributed by atoms with E-state index >= 15 is 0 Å². The van der Waals surface area contributed by atoms with Gasteiger partial charge >= 0.3 is 5.97 Å². The van der Waals surface area contributed by atoms with Crippen LogP contribution in [0.25, 0.3) is 21.0 Å². The van der Waals surface area contributed by atoms with E-state index in [0.717, 1.165) is 10.2 Å². The molecule has 0 radical (unpaired) electrons. The molecule has 26 heavy (non-hydrogen) atoms. The number of furan rings is 1. The van der Waals surface area contributed by atoms with Gasteiger partial charge in [0.25, 0.3) is 5.91 Å². The van der Waals surface area contributed by atoms with E-state index in [1.54, 1.807) is 12.1 Å².